The van der Waals surface area contributed by atoms with Gasteiger partial charge in [-0.05, 0) is 31.5 Å². The molecule has 0 aliphatic rings. The van der Waals surface area contributed by atoms with E-state index in [1.807, 2.05) is 31.4 Å². The zero-order valence-electron chi connectivity index (χ0n) is 10.4. The zero-order valence-corrected chi connectivity index (χ0v) is 12.0. The summed E-state index contributed by atoms with van der Waals surface area (Å²) < 4.78 is 0. The van der Waals surface area contributed by atoms with Crippen LogP contribution in [0.4, 0.5) is 5.69 Å². The molecule has 5 heteroatoms. The number of nitrogens with zero attached hydrogens (tertiary/aromatic N) is 1. The van der Waals surface area contributed by atoms with Gasteiger partial charge in [-0.25, -0.2) is 4.98 Å². The van der Waals surface area contributed by atoms with Crippen molar-refractivity contribution in [1.82, 2.24) is 4.98 Å². The molecule has 0 bridgehead atoms. The molecule has 0 amide bonds. The maximum absolute atomic E-state index is 5.72. The van der Waals surface area contributed by atoms with Gasteiger partial charge in [0.2, 0.25) is 0 Å². The van der Waals surface area contributed by atoms with E-state index in [2.05, 4.69) is 16.4 Å². The van der Waals surface area contributed by atoms with E-state index in [9.17, 15) is 0 Å². The summed E-state index contributed by atoms with van der Waals surface area (Å²) in [7, 11) is 0. The van der Waals surface area contributed by atoms with Crippen LogP contribution in [0.2, 0.25) is 0 Å². The number of thiazole rings is 1. The first-order valence-corrected chi connectivity index (χ1v) is 6.90. The minimum absolute atomic E-state index is 0.410. The molecule has 0 unspecified atom stereocenters. The summed E-state index contributed by atoms with van der Waals surface area (Å²) in [6, 6.07) is 6.01. The zero-order chi connectivity index (χ0) is 13.1. The van der Waals surface area contributed by atoms with Gasteiger partial charge in [0.05, 0.1) is 6.54 Å². The molecule has 2 rings (SSSR count). The van der Waals surface area contributed by atoms with Crippen molar-refractivity contribution in [3.05, 3.63) is 45.4 Å². The second-order valence-corrected chi connectivity index (χ2v) is 5.53. The van der Waals surface area contributed by atoms with Gasteiger partial charge < -0.3 is 11.1 Å². The highest BCUT2D eigenvalue weighted by molar-refractivity contribution is 7.80. The summed E-state index contributed by atoms with van der Waals surface area (Å²) in [4.78, 5) is 4.82. The highest BCUT2D eigenvalue weighted by Crippen LogP contribution is 2.19. The van der Waals surface area contributed by atoms with Gasteiger partial charge in [0.25, 0.3) is 0 Å². The SMILES string of the molecule is Cc1ccc(C(N)=S)c(NCc2nc(C)cs2)c1. The van der Waals surface area contributed by atoms with Crippen molar-refractivity contribution in [3.63, 3.8) is 0 Å². The molecule has 0 aliphatic heterocycles. The number of rotatable bonds is 4. The lowest BCUT2D eigenvalue weighted by Gasteiger charge is -2.11. The third kappa shape index (κ3) is 3.05. The number of thiocarbonyl (C=S) groups is 1. The summed E-state index contributed by atoms with van der Waals surface area (Å²) in [5, 5.41) is 6.45. The maximum atomic E-state index is 5.72. The molecule has 2 aromatic rings. The number of hydrogen-bond donors (Lipinski definition) is 2. The fourth-order valence-electron chi connectivity index (χ4n) is 1.67. The molecule has 0 spiro atoms. The van der Waals surface area contributed by atoms with Crippen LogP contribution in [0, 0.1) is 13.8 Å². The van der Waals surface area contributed by atoms with Crippen molar-refractivity contribution in [2.75, 3.05) is 5.32 Å². The largest absolute Gasteiger partial charge is 0.389 e. The van der Waals surface area contributed by atoms with E-state index >= 15 is 0 Å². The van der Waals surface area contributed by atoms with Crippen molar-refractivity contribution in [1.29, 1.82) is 0 Å². The average molecular weight is 277 g/mol. The van der Waals surface area contributed by atoms with Crippen LogP contribution >= 0.6 is 23.6 Å². The molecule has 0 saturated heterocycles. The Morgan fingerprint density at radius 2 is 2.22 bits per heavy atom. The second-order valence-electron chi connectivity index (χ2n) is 4.15. The number of hydrogen-bond acceptors (Lipinski definition) is 4. The Hall–Kier alpha value is -1.46. The topological polar surface area (TPSA) is 50.9 Å². The van der Waals surface area contributed by atoms with E-state index in [-0.39, 0.29) is 0 Å². The minimum Gasteiger partial charge on any atom is -0.389 e. The number of anilines is 1. The van der Waals surface area contributed by atoms with Gasteiger partial charge >= 0.3 is 0 Å². The Kier molecular flexibility index (Phi) is 3.93. The monoisotopic (exact) mass is 277 g/mol. The molecule has 0 atom stereocenters. The molecule has 1 aromatic heterocycles. The average Bonchev–Trinajstić information content (AvgIpc) is 2.72. The van der Waals surface area contributed by atoms with Gasteiger partial charge in [-0.3, -0.25) is 0 Å². The van der Waals surface area contributed by atoms with Crippen LogP contribution in [-0.4, -0.2) is 9.97 Å². The third-order valence-electron chi connectivity index (χ3n) is 2.54. The predicted octanol–water partition coefficient (Wildman–Crippen LogP) is 3.01. The summed E-state index contributed by atoms with van der Waals surface area (Å²) in [5.74, 6) is 0. The Balaban J connectivity index is 2.17. The molecular formula is C13H15N3S2. The van der Waals surface area contributed by atoms with Gasteiger partial charge in [-0.15, -0.1) is 11.3 Å². The van der Waals surface area contributed by atoms with Crippen LogP contribution in [0.25, 0.3) is 0 Å². The van der Waals surface area contributed by atoms with E-state index in [1.165, 1.54) is 5.56 Å². The molecule has 3 nitrogen and oxygen atoms in total. The molecule has 18 heavy (non-hydrogen) atoms. The fourth-order valence-corrected chi connectivity index (χ4v) is 2.56. The summed E-state index contributed by atoms with van der Waals surface area (Å²) in [5.41, 5.74) is 9.79. The highest BCUT2D eigenvalue weighted by Gasteiger charge is 2.06. The molecule has 0 radical (unpaired) electrons. The van der Waals surface area contributed by atoms with Crippen LogP contribution < -0.4 is 11.1 Å². The molecule has 3 N–H and O–H groups in total. The lowest BCUT2D eigenvalue weighted by Crippen LogP contribution is -2.13. The van der Waals surface area contributed by atoms with Crippen molar-refractivity contribution in [2.45, 2.75) is 20.4 Å². The van der Waals surface area contributed by atoms with Crippen LogP contribution in [0.5, 0.6) is 0 Å². The molecule has 0 fully saturated rings. The van der Waals surface area contributed by atoms with Gasteiger partial charge in [0.15, 0.2) is 0 Å². The normalized spacial score (nSPS) is 10.3. The first-order valence-electron chi connectivity index (χ1n) is 5.61. The van der Waals surface area contributed by atoms with Crippen LogP contribution in [0.3, 0.4) is 0 Å². The Morgan fingerprint density at radius 1 is 1.44 bits per heavy atom. The first kappa shape index (κ1) is 13.0. The quantitative estimate of drug-likeness (QED) is 0.844. The Morgan fingerprint density at radius 3 is 2.83 bits per heavy atom. The van der Waals surface area contributed by atoms with Crippen molar-refractivity contribution >= 4 is 34.2 Å². The van der Waals surface area contributed by atoms with E-state index < -0.39 is 0 Å². The van der Waals surface area contributed by atoms with E-state index in [0.29, 0.717) is 11.5 Å². The van der Waals surface area contributed by atoms with Crippen molar-refractivity contribution in [3.8, 4) is 0 Å². The number of benzene rings is 1. The standard InChI is InChI=1S/C13H15N3S2/c1-8-3-4-10(13(14)17)11(5-8)15-6-12-16-9(2)7-18-12/h3-5,7,15H,6H2,1-2H3,(H2,14,17). The van der Waals surface area contributed by atoms with Crippen molar-refractivity contribution < 1.29 is 0 Å². The van der Waals surface area contributed by atoms with Gasteiger partial charge in [-0.2, -0.15) is 0 Å². The molecule has 0 saturated carbocycles. The number of aromatic nitrogens is 1. The molecule has 1 aromatic carbocycles. The second kappa shape index (κ2) is 5.46. The molecule has 0 aliphatic carbocycles. The Bertz CT molecular complexity index is 575. The highest BCUT2D eigenvalue weighted by atomic mass is 32.1. The number of aryl methyl sites for hydroxylation is 2. The lowest BCUT2D eigenvalue weighted by atomic mass is 10.1. The summed E-state index contributed by atoms with van der Waals surface area (Å²) in [6.07, 6.45) is 0. The summed E-state index contributed by atoms with van der Waals surface area (Å²) >= 11 is 6.70. The molecular weight excluding hydrogens is 262 g/mol. The first-order chi connectivity index (χ1) is 8.56. The van der Waals surface area contributed by atoms with Gasteiger partial charge in [0.1, 0.15) is 10.00 Å². The smallest absolute Gasteiger partial charge is 0.112 e. The van der Waals surface area contributed by atoms with E-state index in [0.717, 1.165) is 22.0 Å². The minimum atomic E-state index is 0.410. The van der Waals surface area contributed by atoms with Gasteiger partial charge in [0, 0.05) is 22.3 Å². The maximum Gasteiger partial charge on any atom is 0.112 e. The van der Waals surface area contributed by atoms with Crippen LogP contribution in [0.1, 0.15) is 21.8 Å². The van der Waals surface area contributed by atoms with Gasteiger partial charge in [-0.1, -0.05) is 18.3 Å². The Labute approximate surface area is 116 Å². The summed E-state index contributed by atoms with van der Waals surface area (Å²) in [6.45, 7) is 4.73. The third-order valence-corrected chi connectivity index (χ3v) is 3.72. The predicted molar refractivity (Wildman–Crippen MR) is 81.2 cm³/mol. The molecule has 94 valence electrons. The van der Waals surface area contributed by atoms with Crippen LogP contribution in [-0.2, 0) is 6.54 Å². The number of nitrogens with one attached hydrogen (secondary N) is 1. The molecule has 1 heterocycles. The van der Waals surface area contributed by atoms with E-state index in [1.54, 1.807) is 11.3 Å². The van der Waals surface area contributed by atoms with Crippen molar-refractivity contribution in [2.24, 2.45) is 5.73 Å². The fraction of sp³-hybridized carbons (Fsp3) is 0.231. The van der Waals surface area contributed by atoms with Crippen LogP contribution in [0.15, 0.2) is 23.6 Å². The number of nitrogens with two attached hydrogens (primary N) is 1. The lowest BCUT2D eigenvalue weighted by molar-refractivity contribution is 1.07. The van der Waals surface area contributed by atoms with E-state index in [4.69, 9.17) is 18.0 Å².